The summed E-state index contributed by atoms with van der Waals surface area (Å²) in [5.74, 6) is 1.68. The first-order valence-electron chi connectivity index (χ1n) is 7.05. The molecule has 108 valence electrons. The molecule has 6 nitrogen and oxygen atoms in total. The van der Waals surface area contributed by atoms with Crippen molar-refractivity contribution in [3.8, 4) is 0 Å². The van der Waals surface area contributed by atoms with E-state index in [2.05, 4.69) is 0 Å². The lowest BCUT2D eigenvalue weighted by atomic mass is 10.0. The molecule has 2 N–H and O–H groups in total. The van der Waals surface area contributed by atoms with E-state index >= 15 is 0 Å². The zero-order valence-electron chi connectivity index (χ0n) is 11.0. The van der Waals surface area contributed by atoms with Crippen LogP contribution in [-0.4, -0.2) is 49.7 Å². The lowest BCUT2D eigenvalue weighted by Gasteiger charge is -2.33. The third-order valence-corrected chi connectivity index (χ3v) is 5.94. The molecule has 3 rings (SSSR count). The Bertz CT molecular complexity index is 459. The summed E-state index contributed by atoms with van der Waals surface area (Å²) in [5, 5.41) is 5.09. The molecule has 1 saturated heterocycles. The Morgan fingerprint density at radius 3 is 2.00 bits per heavy atom. The van der Waals surface area contributed by atoms with Gasteiger partial charge in [0.15, 0.2) is 0 Å². The van der Waals surface area contributed by atoms with Gasteiger partial charge in [0.2, 0.25) is 5.91 Å². The predicted octanol–water partition coefficient (Wildman–Crippen LogP) is -0.230. The van der Waals surface area contributed by atoms with Crippen LogP contribution < -0.4 is 5.14 Å². The van der Waals surface area contributed by atoms with Gasteiger partial charge in [0, 0.05) is 32.1 Å². The first-order valence-corrected chi connectivity index (χ1v) is 8.55. The minimum absolute atomic E-state index is 0.225. The minimum atomic E-state index is -3.61. The van der Waals surface area contributed by atoms with Crippen molar-refractivity contribution in [1.82, 2.24) is 9.21 Å². The maximum Gasteiger partial charge on any atom is 0.277 e. The van der Waals surface area contributed by atoms with Crippen molar-refractivity contribution >= 4 is 16.1 Å². The molecule has 0 aromatic rings. The van der Waals surface area contributed by atoms with Crippen molar-refractivity contribution in [2.45, 2.75) is 25.7 Å². The highest BCUT2D eigenvalue weighted by Gasteiger charge is 2.55. The molecule has 0 bridgehead atoms. The molecule has 3 aliphatic rings. The normalized spacial score (nSPS) is 35.8. The average molecular weight is 287 g/mol. The van der Waals surface area contributed by atoms with Crippen LogP contribution in [0.25, 0.3) is 0 Å². The van der Waals surface area contributed by atoms with Crippen LogP contribution in [0.4, 0.5) is 0 Å². The summed E-state index contributed by atoms with van der Waals surface area (Å²) >= 11 is 0. The van der Waals surface area contributed by atoms with E-state index in [4.69, 9.17) is 5.14 Å². The molecule has 0 radical (unpaired) electrons. The fourth-order valence-corrected chi connectivity index (χ4v) is 4.40. The molecule has 2 saturated carbocycles. The van der Waals surface area contributed by atoms with Gasteiger partial charge in [0.1, 0.15) is 0 Å². The number of rotatable bonds is 2. The van der Waals surface area contributed by atoms with E-state index < -0.39 is 10.2 Å². The summed E-state index contributed by atoms with van der Waals surface area (Å²) < 4.78 is 23.7. The summed E-state index contributed by atoms with van der Waals surface area (Å²) in [5.41, 5.74) is 0. The van der Waals surface area contributed by atoms with E-state index in [0.717, 1.165) is 0 Å². The summed E-state index contributed by atoms with van der Waals surface area (Å²) in [6, 6.07) is 0. The third kappa shape index (κ3) is 2.51. The van der Waals surface area contributed by atoms with Crippen molar-refractivity contribution in [2.24, 2.45) is 22.9 Å². The highest BCUT2D eigenvalue weighted by Crippen LogP contribution is 2.56. The number of nitrogens with two attached hydrogens (primary N) is 1. The monoisotopic (exact) mass is 287 g/mol. The Labute approximate surface area is 114 Å². The molecule has 3 fully saturated rings. The van der Waals surface area contributed by atoms with Gasteiger partial charge in [0.05, 0.1) is 0 Å². The Balaban J connectivity index is 1.56. The number of fused-ring (bicyclic) bond motifs is 1. The molecule has 1 heterocycles. The fourth-order valence-electron chi connectivity index (χ4n) is 3.73. The quantitative estimate of drug-likeness (QED) is 0.761. The summed E-state index contributed by atoms with van der Waals surface area (Å²) in [6.45, 7) is 1.61. The van der Waals surface area contributed by atoms with E-state index in [9.17, 15) is 13.2 Å². The highest BCUT2D eigenvalue weighted by molar-refractivity contribution is 7.86. The predicted molar refractivity (Wildman–Crippen MR) is 70.2 cm³/mol. The number of carbonyl (C=O) groups excluding carboxylic acids is 1. The van der Waals surface area contributed by atoms with Crippen LogP contribution in [-0.2, 0) is 15.0 Å². The Kier molecular flexibility index (Phi) is 3.31. The van der Waals surface area contributed by atoms with Gasteiger partial charge in [0.25, 0.3) is 10.2 Å². The summed E-state index contributed by atoms with van der Waals surface area (Å²) in [6.07, 6.45) is 4.89. The van der Waals surface area contributed by atoms with Gasteiger partial charge in [-0.2, -0.15) is 12.7 Å². The standard InChI is InChI=1S/C12H21N3O3S/c13-19(17,18)15-7-5-14(6-8-15)12(16)11-9-3-1-2-4-10(9)11/h9-11H,1-8H2,(H2,13,17,18). The Morgan fingerprint density at radius 1 is 1.00 bits per heavy atom. The van der Waals surface area contributed by atoms with Gasteiger partial charge >= 0.3 is 0 Å². The maximum atomic E-state index is 12.4. The summed E-state index contributed by atoms with van der Waals surface area (Å²) in [4.78, 5) is 14.2. The SMILES string of the molecule is NS(=O)(=O)N1CCN(C(=O)C2C3CCCCC32)CC1. The highest BCUT2D eigenvalue weighted by atomic mass is 32.2. The molecule has 1 aliphatic heterocycles. The molecule has 1 amide bonds. The van der Waals surface area contributed by atoms with E-state index in [0.29, 0.717) is 38.0 Å². The molecule has 19 heavy (non-hydrogen) atoms. The van der Waals surface area contributed by atoms with E-state index in [1.807, 2.05) is 4.90 Å². The molecule has 0 aromatic heterocycles. The van der Waals surface area contributed by atoms with Crippen LogP contribution in [0.5, 0.6) is 0 Å². The maximum absolute atomic E-state index is 12.4. The number of nitrogens with zero attached hydrogens (tertiary/aromatic N) is 2. The number of piperazine rings is 1. The molecule has 0 aromatic carbocycles. The van der Waals surface area contributed by atoms with Crippen LogP contribution in [0.1, 0.15) is 25.7 Å². The van der Waals surface area contributed by atoms with Gasteiger partial charge in [-0.25, -0.2) is 5.14 Å². The van der Waals surface area contributed by atoms with Crippen LogP contribution >= 0.6 is 0 Å². The topological polar surface area (TPSA) is 83.7 Å². The van der Waals surface area contributed by atoms with Gasteiger partial charge in [-0.05, 0) is 24.7 Å². The second kappa shape index (κ2) is 4.71. The lowest BCUT2D eigenvalue weighted by molar-refractivity contribution is -0.134. The first-order chi connectivity index (χ1) is 8.98. The molecule has 2 aliphatic carbocycles. The third-order valence-electron chi connectivity index (χ3n) is 4.85. The van der Waals surface area contributed by atoms with Crippen LogP contribution in [0.3, 0.4) is 0 Å². The van der Waals surface area contributed by atoms with Crippen LogP contribution in [0.15, 0.2) is 0 Å². The number of carbonyl (C=O) groups is 1. The van der Waals surface area contributed by atoms with E-state index in [1.165, 1.54) is 30.0 Å². The Morgan fingerprint density at radius 2 is 1.53 bits per heavy atom. The zero-order chi connectivity index (χ0) is 13.6. The summed E-state index contributed by atoms with van der Waals surface area (Å²) in [7, 11) is -3.61. The van der Waals surface area contributed by atoms with Gasteiger partial charge in [-0.1, -0.05) is 12.8 Å². The Hall–Kier alpha value is -0.660. The lowest BCUT2D eigenvalue weighted by Crippen LogP contribution is -2.52. The number of amides is 1. The van der Waals surface area contributed by atoms with E-state index in [-0.39, 0.29) is 11.8 Å². The molecule has 2 unspecified atom stereocenters. The molecular formula is C12H21N3O3S. The second-order valence-corrected chi connectivity index (χ2v) is 7.45. The van der Waals surface area contributed by atoms with Crippen LogP contribution in [0, 0.1) is 17.8 Å². The number of hydrogen-bond acceptors (Lipinski definition) is 3. The van der Waals surface area contributed by atoms with Crippen molar-refractivity contribution in [3.05, 3.63) is 0 Å². The molecular weight excluding hydrogens is 266 g/mol. The first kappa shape index (κ1) is 13.3. The van der Waals surface area contributed by atoms with Crippen LogP contribution in [0.2, 0.25) is 0 Å². The van der Waals surface area contributed by atoms with Gasteiger partial charge in [-0.15, -0.1) is 0 Å². The molecule has 2 atom stereocenters. The van der Waals surface area contributed by atoms with Crippen molar-refractivity contribution in [1.29, 1.82) is 0 Å². The van der Waals surface area contributed by atoms with Crippen molar-refractivity contribution in [3.63, 3.8) is 0 Å². The number of hydrogen-bond donors (Lipinski definition) is 1. The largest absolute Gasteiger partial charge is 0.340 e. The van der Waals surface area contributed by atoms with E-state index in [1.54, 1.807) is 0 Å². The van der Waals surface area contributed by atoms with Crippen molar-refractivity contribution in [2.75, 3.05) is 26.2 Å². The molecule has 7 heteroatoms. The average Bonchev–Trinajstić information content (AvgIpc) is 3.11. The smallest absolute Gasteiger partial charge is 0.277 e. The second-order valence-electron chi connectivity index (χ2n) is 5.91. The van der Waals surface area contributed by atoms with Crippen molar-refractivity contribution < 1.29 is 13.2 Å². The minimum Gasteiger partial charge on any atom is -0.340 e. The van der Waals surface area contributed by atoms with Gasteiger partial charge in [-0.3, -0.25) is 4.79 Å². The zero-order valence-corrected chi connectivity index (χ0v) is 11.8. The molecule has 0 spiro atoms. The van der Waals surface area contributed by atoms with Gasteiger partial charge < -0.3 is 4.90 Å². The fraction of sp³-hybridized carbons (Fsp3) is 0.917.